The van der Waals surface area contributed by atoms with Crippen LogP contribution in [0, 0.1) is 11.8 Å². The molecule has 1 heteroatoms. The lowest BCUT2D eigenvalue weighted by Crippen LogP contribution is -2.32. The maximum Gasteiger partial charge on any atom is 0.0369 e. The van der Waals surface area contributed by atoms with E-state index in [1.165, 1.54) is 16.8 Å². The molecule has 0 spiro atoms. The van der Waals surface area contributed by atoms with Crippen LogP contribution in [0.1, 0.15) is 80.4 Å². The molecule has 0 aliphatic carbocycles. The summed E-state index contributed by atoms with van der Waals surface area (Å²) >= 11 is 0. The zero-order valence-electron chi connectivity index (χ0n) is 17.2. The van der Waals surface area contributed by atoms with Crippen LogP contribution in [0.25, 0.3) is 0 Å². The SMILES string of the molecule is CC(C)CN(CC(C)C)c1ccc(C(C)(C)C)c(C(C)(C)C)c1. The van der Waals surface area contributed by atoms with Gasteiger partial charge in [-0.2, -0.15) is 0 Å². The van der Waals surface area contributed by atoms with Crippen molar-refractivity contribution in [2.24, 2.45) is 11.8 Å². The molecule has 0 bridgehead atoms. The third kappa shape index (κ3) is 5.86. The maximum absolute atomic E-state index is 2.57. The molecular formula is C22H39N. The standard InChI is InChI=1S/C22H39N/c1-16(2)14-23(15-17(3)4)18-11-12-19(21(5,6)7)20(13-18)22(8,9)10/h11-13,16-17H,14-15H2,1-10H3. The smallest absolute Gasteiger partial charge is 0.0369 e. The predicted molar refractivity (Wildman–Crippen MR) is 106 cm³/mol. The second-order valence-electron chi connectivity index (χ2n) is 9.92. The van der Waals surface area contributed by atoms with Gasteiger partial charge in [0.05, 0.1) is 0 Å². The number of benzene rings is 1. The van der Waals surface area contributed by atoms with Gasteiger partial charge in [-0.3, -0.25) is 0 Å². The number of rotatable bonds is 5. The van der Waals surface area contributed by atoms with Crippen molar-refractivity contribution in [2.75, 3.05) is 18.0 Å². The zero-order chi connectivity index (χ0) is 18.0. The van der Waals surface area contributed by atoms with E-state index < -0.39 is 0 Å². The average molecular weight is 318 g/mol. The first-order chi connectivity index (χ1) is 10.3. The molecule has 0 saturated carbocycles. The molecule has 0 aromatic heterocycles. The Hall–Kier alpha value is -0.980. The van der Waals surface area contributed by atoms with E-state index in [4.69, 9.17) is 0 Å². The molecule has 0 aliphatic rings. The van der Waals surface area contributed by atoms with E-state index in [2.05, 4.69) is 92.3 Å². The summed E-state index contributed by atoms with van der Waals surface area (Å²) in [4.78, 5) is 2.57. The Morgan fingerprint density at radius 3 is 1.52 bits per heavy atom. The molecule has 0 amide bonds. The fourth-order valence-corrected chi connectivity index (χ4v) is 3.17. The monoisotopic (exact) mass is 317 g/mol. The number of anilines is 1. The van der Waals surface area contributed by atoms with Crippen molar-refractivity contribution < 1.29 is 0 Å². The topological polar surface area (TPSA) is 3.24 Å². The molecule has 132 valence electrons. The lowest BCUT2D eigenvalue weighted by molar-refractivity contribution is 0.527. The van der Waals surface area contributed by atoms with Gasteiger partial charge in [-0.05, 0) is 45.9 Å². The minimum Gasteiger partial charge on any atom is -0.371 e. The second-order valence-corrected chi connectivity index (χ2v) is 9.92. The Balaban J connectivity index is 3.36. The van der Waals surface area contributed by atoms with E-state index in [9.17, 15) is 0 Å². The Kier molecular flexibility index (Phi) is 6.35. The minimum atomic E-state index is 0.167. The van der Waals surface area contributed by atoms with Gasteiger partial charge in [0.15, 0.2) is 0 Å². The van der Waals surface area contributed by atoms with Gasteiger partial charge in [0, 0.05) is 18.8 Å². The van der Waals surface area contributed by atoms with E-state index in [-0.39, 0.29) is 10.8 Å². The number of hydrogen-bond acceptors (Lipinski definition) is 1. The molecular weight excluding hydrogens is 278 g/mol. The highest BCUT2D eigenvalue weighted by Gasteiger charge is 2.26. The van der Waals surface area contributed by atoms with Crippen molar-refractivity contribution in [1.82, 2.24) is 0 Å². The summed E-state index contributed by atoms with van der Waals surface area (Å²) in [6.45, 7) is 25.4. The number of nitrogens with zero attached hydrogens (tertiary/aromatic N) is 1. The summed E-state index contributed by atoms with van der Waals surface area (Å²) in [5.41, 5.74) is 4.69. The molecule has 1 aromatic carbocycles. The zero-order valence-corrected chi connectivity index (χ0v) is 17.2. The second kappa shape index (κ2) is 7.28. The summed E-state index contributed by atoms with van der Waals surface area (Å²) < 4.78 is 0. The molecule has 0 saturated heterocycles. The summed E-state index contributed by atoms with van der Waals surface area (Å²) in [5.74, 6) is 1.35. The first-order valence-electron chi connectivity index (χ1n) is 9.22. The van der Waals surface area contributed by atoms with Crippen LogP contribution in [0.2, 0.25) is 0 Å². The largest absolute Gasteiger partial charge is 0.371 e. The summed E-state index contributed by atoms with van der Waals surface area (Å²) in [6, 6.07) is 7.15. The van der Waals surface area contributed by atoms with Gasteiger partial charge >= 0.3 is 0 Å². The first kappa shape index (κ1) is 20.1. The molecule has 0 fully saturated rings. The lowest BCUT2D eigenvalue weighted by Gasteiger charge is -2.34. The van der Waals surface area contributed by atoms with Crippen molar-refractivity contribution in [3.05, 3.63) is 29.3 Å². The van der Waals surface area contributed by atoms with E-state index in [0.29, 0.717) is 11.8 Å². The molecule has 0 atom stereocenters. The molecule has 0 aliphatic heterocycles. The van der Waals surface area contributed by atoms with E-state index in [0.717, 1.165) is 13.1 Å². The molecule has 0 unspecified atom stereocenters. The third-order valence-corrected chi connectivity index (χ3v) is 4.16. The van der Waals surface area contributed by atoms with Crippen molar-refractivity contribution in [3.8, 4) is 0 Å². The third-order valence-electron chi connectivity index (χ3n) is 4.16. The highest BCUT2D eigenvalue weighted by molar-refractivity contribution is 5.54. The fourth-order valence-electron chi connectivity index (χ4n) is 3.17. The predicted octanol–water partition coefficient (Wildman–Crippen LogP) is 6.40. The maximum atomic E-state index is 2.57. The van der Waals surface area contributed by atoms with Gasteiger partial charge in [-0.1, -0.05) is 75.3 Å². The molecule has 0 N–H and O–H groups in total. The normalized spacial score (nSPS) is 13.0. The summed E-state index contributed by atoms with van der Waals surface area (Å²) in [7, 11) is 0. The van der Waals surface area contributed by atoms with Gasteiger partial charge in [0.2, 0.25) is 0 Å². The fraction of sp³-hybridized carbons (Fsp3) is 0.727. The van der Waals surface area contributed by atoms with Crippen LogP contribution in [0.4, 0.5) is 5.69 Å². The molecule has 1 rings (SSSR count). The van der Waals surface area contributed by atoms with Gasteiger partial charge in [-0.15, -0.1) is 0 Å². The van der Waals surface area contributed by atoms with Gasteiger partial charge < -0.3 is 4.90 Å². The van der Waals surface area contributed by atoms with E-state index in [1.54, 1.807) is 0 Å². The summed E-state index contributed by atoms with van der Waals surface area (Å²) in [6.07, 6.45) is 0. The van der Waals surface area contributed by atoms with Crippen molar-refractivity contribution >= 4 is 5.69 Å². The van der Waals surface area contributed by atoms with Crippen LogP contribution in [0.3, 0.4) is 0 Å². The van der Waals surface area contributed by atoms with Crippen molar-refractivity contribution in [2.45, 2.75) is 80.1 Å². The highest BCUT2D eigenvalue weighted by atomic mass is 15.1. The van der Waals surface area contributed by atoms with Crippen LogP contribution >= 0.6 is 0 Å². The Morgan fingerprint density at radius 1 is 0.739 bits per heavy atom. The highest BCUT2D eigenvalue weighted by Crippen LogP contribution is 2.36. The van der Waals surface area contributed by atoms with Crippen LogP contribution in [0.5, 0.6) is 0 Å². The molecule has 0 heterocycles. The van der Waals surface area contributed by atoms with Crippen molar-refractivity contribution in [3.63, 3.8) is 0 Å². The van der Waals surface area contributed by atoms with Crippen LogP contribution < -0.4 is 4.90 Å². The van der Waals surface area contributed by atoms with Crippen LogP contribution in [-0.4, -0.2) is 13.1 Å². The minimum absolute atomic E-state index is 0.167. The molecule has 1 aromatic rings. The van der Waals surface area contributed by atoms with Gasteiger partial charge in [0.1, 0.15) is 0 Å². The average Bonchev–Trinajstić information content (AvgIpc) is 2.34. The van der Waals surface area contributed by atoms with Gasteiger partial charge in [-0.25, -0.2) is 0 Å². The van der Waals surface area contributed by atoms with Crippen LogP contribution in [0.15, 0.2) is 18.2 Å². The molecule has 0 radical (unpaired) electrons. The number of hydrogen-bond donors (Lipinski definition) is 0. The molecule has 1 nitrogen and oxygen atoms in total. The Bertz CT molecular complexity index is 488. The van der Waals surface area contributed by atoms with E-state index in [1.807, 2.05) is 0 Å². The van der Waals surface area contributed by atoms with Gasteiger partial charge in [0.25, 0.3) is 0 Å². The Labute approximate surface area is 145 Å². The van der Waals surface area contributed by atoms with E-state index >= 15 is 0 Å². The summed E-state index contributed by atoms with van der Waals surface area (Å²) in [5, 5.41) is 0. The molecule has 23 heavy (non-hydrogen) atoms. The Morgan fingerprint density at radius 2 is 1.17 bits per heavy atom. The quantitative estimate of drug-likeness (QED) is 0.607. The van der Waals surface area contributed by atoms with Crippen molar-refractivity contribution in [1.29, 1.82) is 0 Å². The van der Waals surface area contributed by atoms with Crippen LogP contribution in [-0.2, 0) is 10.8 Å². The lowest BCUT2D eigenvalue weighted by atomic mass is 9.75. The first-order valence-corrected chi connectivity index (χ1v) is 9.22.